The smallest absolute Gasteiger partial charge is 0.217 e. The van der Waals surface area contributed by atoms with Gasteiger partial charge in [0.25, 0.3) is 0 Å². The summed E-state index contributed by atoms with van der Waals surface area (Å²) < 4.78 is 27.1. The summed E-state index contributed by atoms with van der Waals surface area (Å²) in [5.41, 5.74) is 10.4. The van der Waals surface area contributed by atoms with Gasteiger partial charge < -0.3 is 16.4 Å². The highest BCUT2D eigenvalue weighted by Crippen LogP contribution is 2.29. The number of benzene rings is 1. The number of hydrogen-bond acceptors (Lipinski definition) is 4. The third-order valence-electron chi connectivity index (χ3n) is 5.63. The maximum absolute atomic E-state index is 13.6. The zero-order valence-electron chi connectivity index (χ0n) is 17.6. The molecule has 0 saturated heterocycles. The number of carbonyl (C=O) groups is 1. The second-order valence-corrected chi connectivity index (χ2v) is 8.04. The van der Waals surface area contributed by atoms with Gasteiger partial charge in [0.15, 0.2) is 0 Å². The lowest BCUT2D eigenvalue weighted by Crippen LogP contribution is -2.53. The van der Waals surface area contributed by atoms with Gasteiger partial charge in [-0.3, -0.25) is 9.78 Å². The van der Waals surface area contributed by atoms with Crippen molar-refractivity contribution in [2.45, 2.75) is 64.1 Å². The molecule has 162 valence electrons. The number of nitrogens with two attached hydrogens (primary N) is 1. The monoisotopic (exact) mass is 416 g/mol. The lowest BCUT2D eigenvalue weighted by atomic mass is 9.89. The minimum absolute atomic E-state index is 0.156. The average Bonchev–Trinajstić information content (AvgIpc) is 2.70. The minimum Gasteiger partial charge on any atom is -0.352 e. The van der Waals surface area contributed by atoms with Gasteiger partial charge in [-0.2, -0.15) is 0 Å². The fraction of sp³-hybridized carbons (Fsp3) is 0.478. The second kappa shape index (κ2) is 10.1. The molecule has 1 amide bonds. The van der Waals surface area contributed by atoms with E-state index in [1.165, 1.54) is 30.2 Å². The van der Waals surface area contributed by atoms with Crippen LogP contribution in [0.3, 0.4) is 0 Å². The molecule has 30 heavy (non-hydrogen) atoms. The Morgan fingerprint density at radius 2 is 1.97 bits per heavy atom. The van der Waals surface area contributed by atoms with Crippen LogP contribution in [-0.2, 0) is 24.1 Å². The molecule has 1 aliphatic carbocycles. The highest BCUT2D eigenvalue weighted by molar-refractivity contribution is 5.73. The van der Waals surface area contributed by atoms with Gasteiger partial charge in [0, 0.05) is 49.6 Å². The van der Waals surface area contributed by atoms with E-state index in [-0.39, 0.29) is 18.4 Å². The van der Waals surface area contributed by atoms with Crippen LogP contribution in [0.4, 0.5) is 8.78 Å². The average molecular weight is 417 g/mol. The summed E-state index contributed by atoms with van der Waals surface area (Å²) in [6.45, 7) is 3.98. The molecule has 2 unspecified atom stereocenters. The first-order valence-corrected chi connectivity index (χ1v) is 10.5. The van der Waals surface area contributed by atoms with Crippen molar-refractivity contribution >= 4 is 5.91 Å². The number of nitrogens with zero attached hydrogens (tertiary/aromatic N) is 1. The Hall–Kier alpha value is -2.38. The third kappa shape index (κ3) is 5.83. The minimum atomic E-state index is -0.642. The van der Waals surface area contributed by atoms with Gasteiger partial charge >= 0.3 is 0 Å². The Morgan fingerprint density at radius 3 is 2.63 bits per heavy atom. The van der Waals surface area contributed by atoms with E-state index in [1.54, 1.807) is 0 Å². The zero-order chi connectivity index (χ0) is 21.7. The lowest BCUT2D eigenvalue weighted by Gasteiger charge is -2.30. The van der Waals surface area contributed by atoms with E-state index in [4.69, 9.17) is 5.73 Å². The zero-order valence-corrected chi connectivity index (χ0v) is 17.6. The van der Waals surface area contributed by atoms with Crippen molar-refractivity contribution in [2.24, 2.45) is 5.73 Å². The fourth-order valence-electron chi connectivity index (χ4n) is 4.07. The van der Waals surface area contributed by atoms with Gasteiger partial charge in [-0.1, -0.05) is 13.0 Å². The number of nitrogens with one attached hydrogen (secondary N) is 2. The number of fused-ring (bicyclic) bond motifs is 1. The van der Waals surface area contributed by atoms with E-state index in [0.717, 1.165) is 37.4 Å². The fourth-order valence-corrected chi connectivity index (χ4v) is 4.07. The molecule has 3 atom stereocenters. The number of carbonyl (C=O) groups excluding carboxylic acids is 1. The molecule has 5 nitrogen and oxygen atoms in total. The maximum atomic E-state index is 13.6. The molecule has 3 rings (SSSR count). The van der Waals surface area contributed by atoms with Crippen molar-refractivity contribution in [1.82, 2.24) is 15.6 Å². The predicted octanol–water partition coefficient (Wildman–Crippen LogP) is 2.96. The molecule has 0 bridgehead atoms. The Labute approximate surface area is 176 Å². The molecule has 1 aliphatic rings. The van der Waals surface area contributed by atoms with Crippen LogP contribution in [0.2, 0.25) is 0 Å². The summed E-state index contributed by atoms with van der Waals surface area (Å²) in [5, 5.41) is 6.36. The van der Waals surface area contributed by atoms with Gasteiger partial charge in [0.05, 0.1) is 0 Å². The number of hydrogen-bond donors (Lipinski definition) is 3. The Bertz CT molecular complexity index is 869. The van der Waals surface area contributed by atoms with E-state index in [0.29, 0.717) is 12.1 Å². The highest BCUT2D eigenvalue weighted by atomic mass is 19.1. The second-order valence-electron chi connectivity index (χ2n) is 8.04. The van der Waals surface area contributed by atoms with Crippen LogP contribution in [0.15, 0.2) is 30.5 Å². The first kappa shape index (κ1) is 22.3. The quantitative estimate of drug-likeness (QED) is 0.618. The molecule has 0 aliphatic heterocycles. The Morgan fingerprint density at radius 1 is 1.23 bits per heavy atom. The van der Waals surface area contributed by atoms with Crippen LogP contribution in [0.25, 0.3) is 0 Å². The van der Waals surface area contributed by atoms with E-state index < -0.39 is 23.7 Å². The first-order valence-electron chi connectivity index (χ1n) is 10.5. The Kier molecular flexibility index (Phi) is 7.50. The largest absolute Gasteiger partial charge is 0.352 e. The number of pyridine rings is 1. The topological polar surface area (TPSA) is 80.0 Å². The molecule has 1 aromatic heterocycles. The number of halogens is 2. The molecule has 4 N–H and O–H groups in total. The number of aryl methyl sites for hydroxylation is 2. The summed E-state index contributed by atoms with van der Waals surface area (Å²) in [6.07, 6.45) is 6.15. The van der Waals surface area contributed by atoms with Crippen LogP contribution in [0.1, 0.15) is 55.1 Å². The van der Waals surface area contributed by atoms with Gasteiger partial charge in [0.2, 0.25) is 5.91 Å². The molecule has 0 fully saturated rings. The number of amides is 1. The number of aromatic nitrogens is 1. The molecule has 7 heteroatoms. The van der Waals surface area contributed by atoms with Gasteiger partial charge in [-0.25, -0.2) is 8.78 Å². The molecule has 0 spiro atoms. The third-order valence-corrected chi connectivity index (χ3v) is 5.63. The molecule has 0 saturated carbocycles. The summed E-state index contributed by atoms with van der Waals surface area (Å²) in [7, 11) is 0. The standard InChI is InChI=1S/C23H30F2N4O/c1-3-15-9-19-21(27-12-15)5-4-6-22(19)28-13-20(26)23(29-14(2)30)10-16-7-17(24)11-18(25)8-16/h7-9,11-12,20,22-23,28H,3-6,10,13,26H2,1-2H3,(H,29,30)/t20-,22?,23?/m1/s1. The van der Waals surface area contributed by atoms with Crippen LogP contribution < -0.4 is 16.4 Å². The van der Waals surface area contributed by atoms with E-state index in [1.807, 2.05) is 6.20 Å². The molecular weight excluding hydrogens is 386 g/mol. The van der Waals surface area contributed by atoms with E-state index >= 15 is 0 Å². The van der Waals surface area contributed by atoms with E-state index in [2.05, 4.69) is 28.6 Å². The lowest BCUT2D eigenvalue weighted by molar-refractivity contribution is -0.119. The first-order chi connectivity index (χ1) is 14.4. The van der Waals surface area contributed by atoms with Crippen LogP contribution in [0, 0.1) is 11.6 Å². The number of rotatable bonds is 8. The van der Waals surface area contributed by atoms with Crippen LogP contribution in [-0.4, -0.2) is 29.5 Å². The molecule has 0 radical (unpaired) electrons. The summed E-state index contributed by atoms with van der Waals surface area (Å²) >= 11 is 0. The molecule has 1 aromatic carbocycles. The van der Waals surface area contributed by atoms with Crippen molar-refractivity contribution in [1.29, 1.82) is 0 Å². The van der Waals surface area contributed by atoms with Gasteiger partial charge in [-0.15, -0.1) is 0 Å². The molecule has 1 heterocycles. The summed E-state index contributed by atoms with van der Waals surface area (Å²) in [6, 6.07) is 4.87. The Balaban J connectivity index is 1.69. The van der Waals surface area contributed by atoms with Crippen molar-refractivity contribution < 1.29 is 13.6 Å². The van der Waals surface area contributed by atoms with Crippen molar-refractivity contribution in [3.8, 4) is 0 Å². The van der Waals surface area contributed by atoms with Crippen LogP contribution >= 0.6 is 0 Å². The highest BCUT2D eigenvalue weighted by Gasteiger charge is 2.25. The predicted molar refractivity (Wildman–Crippen MR) is 113 cm³/mol. The normalized spacial score (nSPS) is 17.8. The van der Waals surface area contributed by atoms with Crippen molar-refractivity contribution in [3.05, 3.63) is 64.5 Å². The van der Waals surface area contributed by atoms with E-state index in [9.17, 15) is 13.6 Å². The van der Waals surface area contributed by atoms with Gasteiger partial charge in [0.1, 0.15) is 11.6 Å². The molecule has 2 aromatic rings. The summed E-state index contributed by atoms with van der Waals surface area (Å²) in [4.78, 5) is 16.3. The SMILES string of the molecule is CCc1cnc2c(c1)C(NC[C@@H](N)C(Cc1cc(F)cc(F)c1)NC(C)=O)CCC2. The van der Waals surface area contributed by atoms with Crippen molar-refractivity contribution in [3.63, 3.8) is 0 Å². The maximum Gasteiger partial charge on any atom is 0.217 e. The molecular formula is C23H30F2N4O. The summed E-state index contributed by atoms with van der Waals surface area (Å²) in [5.74, 6) is -1.51. The van der Waals surface area contributed by atoms with Gasteiger partial charge in [-0.05, 0) is 60.9 Å². The van der Waals surface area contributed by atoms with Crippen molar-refractivity contribution in [2.75, 3.05) is 6.54 Å². The van der Waals surface area contributed by atoms with Crippen LogP contribution in [0.5, 0.6) is 0 Å².